The van der Waals surface area contributed by atoms with Crippen molar-refractivity contribution in [3.05, 3.63) is 66.5 Å². The highest BCUT2D eigenvalue weighted by Crippen LogP contribution is 2.29. The molecule has 1 saturated heterocycles. The van der Waals surface area contributed by atoms with Crippen LogP contribution < -0.4 is 15.0 Å². The Kier molecular flexibility index (Phi) is 6.17. The van der Waals surface area contributed by atoms with Gasteiger partial charge in [-0.05, 0) is 48.7 Å². The summed E-state index contributed by atoms with van der Waals surface area (Å²) in [6.07, 6.45) is 5.10. The normalized spacial score (nSPS) is 14.4. The molecule has 3 heterocycles. The number of hydrogen-bond donors (Lipinski definition) is 1. The van der Waals surface area contributed by atoms with Crippen molar-refractivity contribution < 1.29 is 9.53 Å². The minimum atomic E-state index is 0.0266. The molecule has 0 saturated carbocycles. The van der Waals surface area contributed by atoms with E-state index < -0.39 is 0 Å². The molecule has 1 fully saturated rings. The zero-order valence-electron chi connectivity index (χ0n) is 17.0. The summed E-state index contributed by atoms with van der Waals surface area (Å²) in [5, 5.41) is 11.8. The van der Waals surface area contributed by atoms with Crippen molar-refractivity contribution in [2.24, 2.45) is 5.92 Å². The zero-order valence-corrected chi connectivity index (χ0v) is 17.0. The van der Waals surface area contributed by atoms with Gasteiger partial charge in [-0.15, -0.1) is 10.2 Å². The van der Waals surface area contributed by atoms with Crippen molar-refractivity contribution in [2.45, 2.75) is 19.4 Å². The van der Waals surface area contributed by atoms with Crippen LogP contribution in [-0.2, 0) is 11.3 Å². The summed E-state index contributed by atoms with van der Waals surface area (Å²) in [6, 6.07) is 15.6. The number of benzene rings is 1. The molecule has 154 valence electrons. The van der Waals surface area contributed by atoms with Crippen LogP contribution in [0.2, 0.25) is 0 Å². The van der Waals surface area contributed by atoms with E-state index >= 15 is 0 Å². The van der Waals surface area contributed by atoms with Gasteiger partial charge in [0.25, 0.3) is 0 Å². The van der Waals surface area contributed by atoms with Gasteiger partial charge in [0.15, 0.2) is 5.82 Å². The zero-order chi connectivity index (χ0) is 20.8. The van der Waals surface area contributed by atoms with Gasteiger partial charge in [-0.1, -0.05) is 18.2 Å². The smallest absolute Gasteiger partial charge is 0.223 e. The Labute approximate surface area is 176 Å². The monoisotopic (exact) mass is 403 g/mol. The molecule has 1 aromatic carbocycles. The second-order valence-electron chi connectivity index (χ2n) is 7.32. The Morgan fingerprint density at radius 1 is 1.10 bits per heavy atom. The van der Waals surface area contributed by atoms with Crippen molar-refractivity contribution in [3.63, 3.8) is 0 Å². The molecule has 0 unspecified atom stereocenters. The fourth-order valence-corrected chi connectivity index (χ4v) is 3.70. The van der Waals surface area contributed by atoms with Crippen molar-refractivity contribution in [1.29, 1.82) is 0 Å². The van der Waals surface area contributed by atoms with E-state index in [0.717, 1.165) is 54.3 Å². The molecule has 2 aromatic heterocycles. The van der Waals surface area contributed by atoms with E-state index in [4.69, 9.17) is 4.74 Å². The number of nitrogens with one attached hydrogen (secondary N) is 1. The number of aromatic nitrogens is 3. The average Bonchev–Trinajstić information content (AvgIpc) is 2.83. The van der Waals surface area contributed by atoms with Gasteiger partial charge >= 0.3 is 0 Å². The first-order chi connectivity index (χ1) is 14.7. The summed E-state index contributed by atoms with van der Waals surface area (Å²) < 4.78 is 5.41. The average molecular weight is 403 g/mol. The largest absolute Gasteiger partial charge is 0.496 e. The summed E-state index contributed by atoms with van der Waals surface area (Å²) in [5.74, 6) is 1.75. The van der Waals surface area contributed by atoms with Gasteiger partial charge in [0.05, 0.1) is 12.8 Å². The summed E-state index contributed by atoms with van der Waals surface area (Å²) >= 11 is 0. The van der Waals surface area contributed by atoms with Crippen molar-refractivity contribution >= 4 is 11.7 Å². The molecule has 30 heavy (non-hydrogen) atoms. The van der Waals surface area contributed by atoms with Crippen molar-refractivity contribution in [3.8, 4) is 17.0 Å². The van der Waals surface area contributed by atoms with Crippen molar-refractivity contribution in [1.82, 2.24) is 20.5 Å². The molecule has 0 bridgehead atoms. The first-order valence-corrected chi connectivity index (χ1v) is 10.1. The SMILES string of the molecule is COc1ccccc1-c1ccc(N2CCC(C(=O)NCc3cccnc3)CC2)nn1. The van der Waals surface area contributed by atoms with E-state index in [2.05, 4.69) is 25.4 Å². The number of para-hydroxylation sites is 1. The van der Waals surface area contributed by atoms with Gasteiger partial charge in [-0.25, -0.2) is 0 Å². The molecule has 0 radical (unpaired) electrons. The number of hydrogen-bond acceptors (Lipinski definition) is 6. The van der Waals surface area contributed by atoms with Crippen LogP contribution in [0.4, 0.5) is 5.82 Å². The number of ether oxygens (including phenoxy) is 1. The predicted octanol–water partition coefficient (Wildman–Crippen LogP) is 3.08. The topological polar surface area (TPSA) is 80.2 Å². The summed E-state index contributed by atoms with van der Waals surface area (Å²) in [6.45, 7) is 2.09. The maximum atomic E-state index is 12.5. The molecule has 7 nitrogen and oxygen atoms in total. The third kappa shape index (κ3) is 4.56. The molecule has 0 spiro atoms. The van der Waals surface area contributed by atoms with E-state index in [-0.39, 0.29) is 11.8 Å². The fraction of sp³-hybridized carbons (Fsp3) is 0.304. The second kappa shape index (κ2) is 9.35. The lowest BCUT2D eigenvalue weighted by molar-refractivity contribution is -0.125. The molecule has 7 heteroatoms. The standard InChI is InChI=1S/C23H25N5O2/c1-30-21-7-3-2-6-19(21)20-8-9-22(27-26-20)28-13-10-18(11-14-28)23(29)25-16-17-5-4-12-24-15-17/h2-9,12,15,18H,10-11,13-14,16H2,1H3,(H,25,29). The van der Waals surface area contributed by atoms with Crippen LogP contribution >= 0.6 is 0 Å². The summed E-state index contributed by atoms with van der Waals surface area (Å²) in [7, 11) is 1.65. The second-order valence-corrected chi connectivity index (χ2v) is 7.32. The number of piperidine rings is 1. The maximum absolute atomic E-state index is 12.5. The molecule has 1 aliphatic heterocycles. The van der Waals surface area contributed by atoms with Crippen LogP contribution in [-0.4, -0.2) is 41.3 Å². The highest BCUT2D eigenvalue weighted by Gasteiger charge is 2.25. The Morgan fingerprint density at radius 2 is 1.93 bits per heavy atom. The Balaban J connectivity index is 1.32. The van der Waals surface area contributed by atoms with Crippen LogP contribution in [0.3, 0.4) is 0 Å². The molecule has 3 aromatic rings. The third-order valence-corrected chi connectivity index (χ3v) is 5.41. The summed E-state index contributed by atoms with van der Waals surface area (Å²) in [4.78, 5) is 18.7. The predicted molar refractivity (Wildman–Crippen MR) is 115 cm³/mol. The molecular formula is C23H25N5O2. The van der Waals surface area contributed by atoms with E-state index in [1.54, 1.807) is 19.5 Å². The number of anilines is 1. The van der Waals surface area contributed by atoms with Crippen molar-refractivity contribution in [2.75, 3.05) is 25.1 Å². The molecule has 0 atom stereocenters. The van der Waals surface area contributed by atoms with E-state index in [1.807, 2.05) is 48.5 Å². The Bertz CT molecular complexity index is 970. The number of methoxy groups -OCH3 is 1. The molecule has 1 amide bonds. The molecular weight excluding hydrogens is 378 g/mol. The highest BCUT2D eigenvalue weighted by atomic mass is 16.5. The number of carbonyl (C=O) groups is 1. The van der Waals surface area contributed by atoms with Crippen LogP contribution in [0.1, 0.15) is 18.4 Å². The van der Waals surface area contributed by atoms with Gasteiger partial charge in [0.2, 0.25) is 5.91 Å². The van der Waals surface area contributed by atoms with E-state index in [0.29, 0.717) is 6.54 Å². The Morgan fingerprint density at radius 3 is 2.63 bits per heavy atom. The molecule has 1 aliphatic rings. The lowest BCUT2D eigenvalue weighted by Crippen LogP contribution is -2.40. The van der Waals surface area contributed by atoms with Gasteiger partial charge in [-0.2, -0.15) is 0 Å². The maximum Gasteiger partial charge on any atom is 0.223 e. The third-order valence-electron chi connectivity index (χ3n) is 5.41. The van der Waals surface area contributed by atoms with Gasteiger partial charge in [-0.3, -0.25) is 9.78 Å². The van der Waals surface area contributed by atoms with Crippen LogP contribution in [0.25, 0.3) is 11.3 Å². The fourth-order valence-electron chi connectivity index (χ4n) is 3.70. The number of amides is 1. The number of pyridine rings is 1. The first kappa shape index (κ1) is 19.8. The Hall–Kier alpha value is -3.48. The van der Waals surface area contributed by atoms with Gasteiger partial charge in [0, 0.05) is 43.5 Å². The van der Waals surface area contributed by atoms with Gasteiger partial charge in [0.1, 0.15) is 5.75 Å². The van der Waals surface area contributed by atoms with Crippen LogP contribution in [0.5, 0.6) is 5.75 Å². The minimum Gasteiger partial charge on any atom is -0.496 e. The lowest BCUT2D eigenvalue weighted by Gasteiger charge is -2.31. The van der Waals surface area contributed by atoms with Crippen LogP contribution in [0.15, 0.2) is 60.9 Å². The number of rotatable bonds is 6. The minimum absolute atomic E-state index is 0.0266. The molecule has 1 N–H and O–H groups in total. The lowest BCUT2D eigenvalue weighted by atomic mass is 9.96. The molecule has 4 rings (SSSR count). The number of nitrogens with zero attached hydrogens (tertiary/aromatic N) is 4. The van der Waals surface area contributed by atoms with Crippen LogP contribution in [0, 0.1) is 5.92 Å². The first-order valence-electron chi connectivity index (χ1n) is 10.1. The van der Waals surface area contributed by atoms with E-state index in [9.17, 15) is 4.79 Å². The number of carbonyl (C=O) groups excluding carboxylic acids is 1. The van der Waals surface area contributed by atoms with E-state index in [1.165, 1.54) is 0 Å². The summed E-state index contributed by atoms with van der Waals surface area (Å²) in [5.41, 5.74) is 2.71. The van der Waals surface area contributed by atoms with Gasteiger partial charge < -0.3 is 15.0 Å². The highest BCUT2D eigenvalue weighted by molar-refractivity contribution is 5.79. The quantitative estimate of drug-likeness (QED) is 0.681. The molecule has 0 aliphatic carbocycles.